The van der Waals surface area contributed by atoms with Gasteiger partial charge >= 0.3 is 17.7 Å². The van der Waals surface area contributed by atoms with Crippen molar-refractivity contribution in [2.75, 3.05) is 20.8 Å². The topological polar surface area (TPSA) is 123 Å². The first-order valence-electron chi connectivity index (χ1n) is 12.4. The molecule has 10 nitrogen and oxygen atoms in total. The van der Waals surface area contributed by atoms with Crippen LogP contribution in [0.15, 0.2) is 60.7 Å². The van der Waals surface area contributed by atoms with E-state index in [0.717, 1.165) is 11.1 Å². The SMILES string of the molecule is CC[C@](O)(COCc1ccccc1)[C@@H](OCc1ccccc1)C1CC(=O)N/[N+]1=C(\CC(=O)OC)C(=O)OC. The van der Waals surface area contributed by atoms with Crippen LogP contribution < -0.4 is 5.43 Å². The molecule has 2 N–H and O–H groups in total. The van der Waals surface area contributed by atoms with E-state index in [9.17, 15) is 19.5 Å². The summed E-state index contributed by atoms with van der Waals surface area (Å²) in [7, 11) is 2.37. The average Bonchev–Trinajstić information content (AvgIpc) is 3.32. The Hall–Kier alpha value is -3.60. The lowest BCUT2D eigenvalue weighted by atomic mass is 9.87. The van der Waals surface area contributed by atoms with Crippen molar-refractivity contribution in [1.82, 2.24) is 5.43 Å². The highest BCUT2D eigenvalue weighted by atomic mass is 16.5. The molecule has 1 amide bonds. The maximum atomic E-state index is 12.7. The number of carbonyl (C=O) groups is 3. The molecule has 1 aliphatic heterocycles. The summed E-state index contributed by atoms with van der Waals surface area (Å²) in [6.45, 7) is 2.09. The number of hydrazine groups is 1. The van der Waals surface area contributed by atoms with Crippen molar-refractivity contribution in [2.45, 2.75) is 57.1 Å². The van der Waals surface area contributed by atoms with Crippen molar-refractivity contribution in [3.63, 3.8) is 0 Å². The predicted molar refractivity (Wildman–Crippen MR) is 137 cm³/mol. The van der Waals surface area contributed by atoms with Crippen LogP contribution in [0.5, 0.6) is 0 Å². The van der Waals surface area contributed by atoms with E-state index < -0.39 is 42.0 Å². The number of esters is 2. The number of aliphatic hydroxyl groups is 1. The van der Waals surface area contributed by atoms with Crippen molar-refractivity contribution in [3.8, 4) is 0 Å². The highest BCUT2D eigenvalue weighted by Crippen LogP contribution is 2.29. The Morgan fingerprint density at radius 2 is 1.63 bits per heavy atom. The first kappa shape index (κ1) is 29.0. The molecule has 0 aromatic heterocycles. The number of amides is 1. The van der Waals surface area contributed by atoms with E-state index in [1.54, 1.807) is 6.92 Å². The molecule has 1 saturated heterocycles. The number of benzene rings is 2. The summed E-state index contributed by atoms with van der Waals surface area (Å²) >= 11 is 0. The second-order valence-corrected chi connectivity index (χ2v) is 9.02. The third-order valence-electron chi connectivity index (χ3n) is 6.45. The number of rotatable bonds is 13. The third-order valence-corrected chi connectivity index (χ3v) is 6.45. The molecule has 1 fully saturated rings. The van der Waals surface area contributed by atoms with Crippen LogP contribution in [0.3, 0.4) is 0 Å². The van der Waals surface area contributed by atoms with Gasteiger partial charge in [0.05, 0.1) is 40.5 Å². The summed E-state index contributed by atoms with van der Waals surface area (Å²) in [5.74, 6) is -1.91. The van der Waals surface area contributed by atoms with E-state index in [1.165, 1.54) is 18.9 Å². The molecular formula is C28H35N2O8+. The molecule has 2 aromatic carbocycles. The van der Waals surface area contributed by atoms with Gasteiger partial charge in [0, 0.05) is 0 Å². The van der Waals surface area contributed by atoms with Gasteiger partial charge in [0.15, 0.2) is 6.10 Å². The van der Waals surface area contributed by atoms with Gasteiger partial charge in [-0.25, -0.2) is 4.79 Å². The summed E-state index contributed by atoms with van der Waals surface area (Å²) in [6.07, 6.45) is -1.31. The van der Waals surface area contributed by atoms with Crippen LogP contribution in [-0.4, -0.2) is 71.9 Å². The molecule has 1 unspecified atom stereocenters. The Bertz CT molecular complexity index is 1120. The van der Waals surface area contributed by atoms with Gasteiger partial charge in [0.2, 0.25) is 6.04 Å². The molecule has 0 bridgehead atoms. The van der Waals surface area contributed by atoms with E-state index in [1.807, 2.05) is 60.7 Å². The van der Waals surface area contributed by atoms with Crippen molar-refractivity contribution in [3.05, 3.63) is 71.8 Å². The number of carbonyl (C=O) groups excluding carboxylic acids is 3. The smallest absolute Gasteiger partial charge is 0.401 e. The molecule has 204 valence electrons. The number of hydrazone groups is 1. The van der Waals surface area contributed by atoms with Gasteiger partial charge in [-0.1, -0.05) is 72.3 Å². The van der Waals surface area contributed by atoms with Crippen molar-refractivity contribution >= 4 is 23.6 Å². The van der Waals surface area contributed by atoms with Crippen LogP contribution in [0.2, 0.25) is 0 Å². The molecule has 38 heavy (non-hydrogen) atoms. The predicted octanol–water partition coefficient (Wildman–Crippen LogP) is 1.92. The molecule has 2 aromatic rings. The standard InChI is InChI=1S/C28H34N2O8/c1-4-28(34,19-37-17-20-11-7-5-8-12-20)26(38-18-21-13-9-6-10-14-21)22-15-24(31)29-30(22)23(27(33)36-3)16-25(32)35-2/h5-14,22,26,34H,4,15-19H2,1-3H3/p+1/t22?,26-,28-/m0/s1. The van der Waals surface area contributed by atoms with E-state index in [-0.39, 0.29) is 38.4 Å². The largest absolute Gasteiger partial charge is 0.469 e. The van der Waals surface area contributed by atoms with E-state index in [0.29, 0.717) is 0 Å². The molecule has 3 rings (SSSR count). The number of hydrogen-bond acceptors (Lipinski definition) is 8. The lowest BCUT2D eigenvalue weighted by molar-refractivity contribution is -0.606. The minimum Gasteiger partial charge on any atom is -0.469 e. The van der Waals surface area contributed by atoms with E-state index in [4.69, 9.17) is 18.9 Å². The molecule has 0 aliphatic carbocycles. The summed E-state index contributed by atoms with van der Waals surface area (Å²) in [4.78, 5) is 37.4. The van der Waals surface area contributed by atoms with Crippen LogP contribution in [0, 0.1) is 0 Å². The zero-order valence-corrected chi connectivity index (χ0v) is 21.9. The Balaban J connectivity index is 1.98. The van der Waals surface area contributed by atoms with Crippen molar-refractivity contribution in [2.24, 2.45) is 0 Å². The van der Waals surface area contributed by atoms with Crippen LogP contribution >= 0.6 is 0 Å². The number of nitrogens with one attached hydrogen (secondary N) is 1. The number of hydrogen-bond donors (Lipinski definition) is 2. The van der Waals surface area contributed by atoms with Crippen LogP contribution in [0.4, 0.5) is 0 Å². The lowest BCUT2D eigenvalue weighted by Crippen LogP contribution is -2.57. The molecular weight excluding hydrogens is 492 g/mol. The summed E-state index contributed by atoms with van der Waals surface area (Å²) in [6, 6.07) is 18.1. The Morgan fingerprint density at radius 3 is 2.18 bits per heavy atom. The van der Waals surface area contributed by atoms with E-state index >= 15 is 0 Å². The zero-order valence-electron chi connectivity index (χ0n) is 21.9. The summed E-state index contributed by atoms with van der Waals surface area (Å²) < 4.78 is 23.1. The van der Waals surface area contributed by atoms with Crippen LogP contribution in [0.25, 0.3) is 0 Å². The Morgan fingerprint density at radius 1 is 1.03 bits per heavy atom. The lowest BCUT2D eigenvalue weighted by Gasteiger charge is -2.36. The van der Waals surface area contributed by atoms with Crippen molar-refractivity contribution in [1.29, 1.82) is 0 Å². The van der Waals surface area contributed by atoms with Crippen LogP contribution in [-0.2, 0) is 46.5 Å². The maximum Gasteiger partial charge on any atom is 0.401 e. The molecule has 10 heteroatoms. The molecule has 1 aliphatic rings. The fraction of sp³-hybridized carbons (Fsp3) is 0.429. The average molecular weight is 528 g/mol. The van der Waals surface area contributed by atoms with Gasteiger partial charge in [-0.15, -0.1) is 5.43 Å². The molecule has 0 radical (unpaired) electrons. The third kappa shape index (κ3) is 7.47. The first-order valence-corrected chi connectivity index (χ1v) is 12.4. The number of ether oxygens (including phenoxy) is 4. The van der Waals surface area contributed by atoms with Gasteiger partial charge in [-0.05, 0) is 17.5 Å². The number of methoxy groups -OCH3 is 2. The summed E-state index contributed by atoms with van der Waals surface area (Å²) in [5.41, 5.74) is 2.73. The Kier molecular flexibility index (Phi) is 10.5. The zero-order chi connectivity index (χ0) is 27.5. The minimum absolute atomic E-state index is 0.0951. The van der Waals surface area contributed by atoms with Gasteiger partial charge in [-0.2, -0.15) is 0 Å². The first-order chi connectivity index (χ1) is 18.3. The second-order valence-electron chi connectivity index (χ2n) is 9.02. The van der Waals surface area contributed by atoms with Gasteiger partial charge in [-0.3, -0.25) is 9.59 Å². The highest BCUT2D eigenvalue weighted by molar-refractivity contribution is 6.37. The second kappa shape index (κ2) is 13.8. The fourth-order valence-corrected chi connectivity index (χ4v) is 4.33. The molecule has 1 heterocycles. The molecule has 0 spiro atoms. The fourth-order valence-electron chi connectivity index (χ4n) is 4.33. The highest BCUT2D eigenvalue weighted by Gasteiger charge is 2.53. The van der Waals surface area contributed by atoms with Crippen LogP contribution in [0.1, 0.15) is 37.3 Å². The van der Waals surface area contributed by atoms with Gasteiger partial charge < -0.3 is 24.1 Å². The van der Waals surface area contributed by atoms with E-state index in [2.05, 4.69) is 5.43 Å². The monoisotopic (exact) mass is 527 g/mol. The number of nitrogens with zero attached hydrogens (tertiary/aromatic N) is 1. The normalized spacial score (nSPS) is 18.7. The molecule has 3 atom stereocenters. The van der Waals surface area contributed by atoms with Gasteiger partial charge in [0.25, 0.3) is 5.91 Å². The van der Waals surface area contributed by atoms with Gasteiger partial charge in [0.1, 0.15) is 12.0 Å². The quantitative estimate of drug-likeness (QED) is 0.299. The maximum absolute atomic E-state index is 12.7. The van der Waals surface area contributed by atoms with Crippen molar-refractivity contribution < 1.29 is 43.1 Å². The summed E-state index contributed by atoms with van der Waals surface area (Å²) in [5, 5.41) is 11.9. The molecule has 0 saturated carbocycles. The minimum atomic E-state index is -1.55. The Labute approximate surface area is 222 Å².